The van der Waals surface area contributed by atoms with Crippen LogP contribution in [0.5, 0.6) is 5.75 Å². The molecule has 2 heterocycles. The molecule has 2 fully saturated rings. The number of nitrogens with one attached hydrogen (secondary N) is 3. The molecule has 2 saturated heterocycles. The molecule has 0 spiro atoms. The normalized spacial score (nSPS) is 24.1. The smallest absolute Gasteiger partial charge is 0.255 e. The van der Waals surface area contributed by atoms with E-state index in [1.54, 1.807) is 12.1 Å². The van der Waals surface area contributed by atoms with E-state index in [2.05, 4.69) is 16.0 Å². The van der Waals surface area contributed by atoms with Gasteiger partial charge in [0, 0.05) is 31.1 Å². The number of ether oxygens (including phenoxy) is 1. The summed E-state index contributed by atoms with van der Waals surface area (Å²) in [6, 6.07) is 8.65. The molecule has 0 saturated carbocycles. The summed E-state index contributed by atoms with van der Waals surface area (Å²) in [6.45, 7) is 2.88. The van der Waals surface area contributed by atoms with Gasteiger partial charge in [0.1, 0.15) is 5.75 Å². The van der Waals surface area contributed by atoms with Crippen molar-refractivity contribution in [2.24, 2.45) is 0 Å². The molecule has 2 unspecified atom stereocenters. The Kier molecular flexibility index (Phi) is 6.50. The summed E-state index contributed by atoms with van der Waals surface area (Å²) in [5, 5.41) is 9.60. The molecule has 3 N–H and O–H groups in total. The zero-order valence-electron chi connectivity index (χ0n) is 15.4. The third-order valence-electron chi connectivity index (χ3n) is 5.14. The van der Waals surface area contributed by atoms with Crippen LogP contribution in [0.4, 0.5) is 0 Å². The molecule has 2 aliphatic rings. The highest BCUT2D eigenvalue weighted by Crippen LogP contribution is 2.26. The van der Waals surface area contributed by atoms with Crippen LogP contribution in [-0.4, -0.2) is 43.1 Å². The van der Waals surface area contributed by atoms with Crippen molar-refractivity contribution in [2.75, 3.05) is 13.2 Å². The summed E-state index contributed by atoms with van der Waals surface area (Å²) >= 11 is 0. The maximum atomic E-state index is 12.3. The molecule has 0 aromatic heterocycles. The molecule has 3 rings (SSSR count). The number of fused-ring (bicyclic) bond motifs is 2. The molecule has 1 aromatic rings. The number of hydrogen-bond donors (Lipinski definition) is 3. The van der Waals surface area contributed by atoms with Crippen LogP contribution in [0.2, 0.25) is 0 Å². The Morgan fingerprint density at radius 1 is 1.19 bits per heavy atom. The minimum atomic E-state index is -0.163. The summed E-state index contributed by atoms with van der Waals surface area (Å²) in [7, 11) is 0. The minimum absolute atomic E-state index is 0.0836. The minimum Gasteiger partial charge on any atom is -0.493 e. The van der Waals surface area contributed by atoms with E-state index in [0.717, 1.165) is 12.8 Å². The average Bonchev–Trinajstić information content (AvgIpc) is 2.97. The van der Waals surface area contributed by atoms with E-state index in [1.807, 2.05) is 19.1 Å². The Labute approximate surface area is 155 Å². The van der Waals surface area contributed by atoms with Crippen molar-refractivity contribution in [3.05, 3.63) is 29.8 Å². The second kappa shape index (κ2) is 9.03. The van der Waals surface area contributed by atoms with E-state index >= 15 is 0 Å². The zero-order valence-corrected chi connectivity index (χ0v) is 15.4. The molecule has 1 aromatic carbocycles. The summed E-state index contributed by atoms with van der Waals surface area (Å²) in [6.07, 6.45) is 5.60. The second-order valence-corrected chi connectivity index (χ2v) is 7.16. The monoisotopic (exact) mass is 359 g/mol. The van der Waals surface area contributed by atoms with Crippen molar-refractivity contribution in [1.29, 1.82) is 0 Å². The van der Waals surface area contributed by atoms with Gasteiger partial charge in [-0.2, -0.15) is 0 Å². The number of carbonyl (C=O) groups is 2. The average molecular weight is 359 g/mol. The molecule has 6 heteroatoms. The van der Waals surface area contributed by atoms with Gasteiger partial charge in [-0.15, -0.1) is 0 Å². The first-order chi connectivity index (χ1) is 12.7. The Morgan fingerprint density at radius 3 is 2.65 bits per heavy atom. The van der Waals surface area contributed by atoms with Crippen LogP contribution in [0.3, 0.4) is 0 Å². The van der Waals surface area contributed by atoms with Gasteiger partial charge in [0.25, 0.3) is 5.91 Å². The lowest BCUT2D eigenvalue weighted by molar-refractivity contribution is -0.122. The molecule has 2 aliphatic heterocycles. The highest BCUT2D eigenvalue weighted by atomic mass is 16.5. The van der Waals surface area contributed by atoms with Crippen molar-refractivity contribution in [2.45, 2.75) is 63.6 Å². The zero-order chi connectivity index (χ0) is 18.4. The molecule has 142 valence electrons. The Bertz CT molecular complexity index is 622. The lowest BCUT2D eigenvalue weighted by Gasteiger charge is -2.29. The molecule has 2 atom stereocenters. The highest BCUT2D eigenvalue weighted by Gasteiger charge is 2.33. The van der Waals surface area contributed by atoms with Crippen LogP contribution in [0.1, 0.15) is 55.8 Å². The topological polar surface area (TPSA) is 79.5 Å². The molecule has 6 nitrogen and oxygen atoms in total. The van der Waals surface area contributed by atoms with Crippen LogP contribution in [0, 0.1) is 0 Å². The molecular formula is C20H29N3O3. The first kappa shape index (κ1) is 18.7. The maximum Gasteiger partial charge on any atom is 0.255 e. The van der Waals surface area contributed by atoms with Gasteiger partial charge in [0.15, 0.2) is 0 Å². The van der Waals surface area contributed by atoms with Crippen molar-refractivity contribution >= 4 is 11.8 Å². The van der Waals surface area contributed by atoms with Crippen molar-refractivity contribution in [3.63, 3.8) is 0 Å². The summed E-state index contributed by atoms with van der Waals surface area (Å²) in [4.78, 5) is 24.4. The van der Waals surface area contributed by atoms with Crippen molar-refractivity contribution in [1.82, 2.24) is 16.0 Å². The molecule has 0 radical (unpaired) electrons. The van der Waals surface area contributed by atoms with Gasteiger partial charge in [0.2, 0.25) is 5.91 Å². The number of hydrogen-bond acceptors (Lipinski definition) is 4. The van der Waals surface area contributed by atoms with E-state index in [0.29, 0.717) is 55.4 Å². The Balaban J connectivity index is 1.36. The van der Waals surface area contributed by atoms with E-state index in [-0.39, 0.29) is 11.8 Å². The number of amides is 2. The predicted molar refractivity (Wildman–Crippen MR) is 100 cm³/mol. The first-order valence-electron chi connectivity index (χ1n) is 9.71. The van der Waals surface area contributed by atoms with Gasteiger partial charge in [0.05, 0.1) is 12.2 Å². The van der Waals surface area contributed by atoms with Gasteiger partial charge in [-0.3, -0.25) is 9.59 Å². The van der Waals surface area contributed by atoms with Crippen molar-refractivity contribution in [3.8, 4) is 5.75 Å². The highest BCUT2D eigenvalue weighted by molar-refractivity contribution is 5.96. The fourth-order valence-electron chi connectivity index (χ4n) is 3.96. The van der Waals surface area contributed by atoms with Crippen LogP contribution >= 0.6 is 0 Å². The number of carbonyl (C=O) groups excluding carboxylic acids is 2. The van der Waals surface area contributed by atoms with E-state index in [1.165, 1.54) is 12.8 Å². The van der Waals surface area contributed by atoms with E-state index < -0.39 is 0 Å². The lowest BCUT2D eigenvalue weighted by Crippen LogP contribution is -2.48. The standard InChI is InChI=1S/C20H29N3O3/c1-2-26-18-7-4-3-6-17(18)20(25)21-11-5-8-19(24)23-16-12-14-9-10-15(13-16)22-14/h3-4,6-7,14-16,22H,2,5,8-13H2,1H3,(H,21,25)(H,23,24). The predicted octanol–water partition coefficient (Wildman–Crippen LogP) is 1.99. The van der Waals surface area contributed by atoms with Crippen LogP contribution in [-0.2, 0) is 4.79 Å². The van der Waals surface area contributed by atoms with Gasteiger partial charge >= 0.3 is 0 Å². The maximum absolute atomic E-state index is 12.3. The number of para-hydroxylation sites is 1. The quantitative estimate of drug-likeness (QED) is 0.620. The second-order valence-electron chi connectivity index (χ2n) is 7.16. The Morgan fingerprint density at radius 2 is 1.92 bits per heavy atom. The van der Waals surface area contributed by atoms with Crippen LogP contribution < -0.4 is 20.7 Å². The van der Waals surface area contributed by atoms with Gasteiger partial charge < -0.3 is 20.7 Å². The van der Waals surface area contributed by atoms with Crippen LogP contribution in [0.15, 0.2) is 24.3 Å². The van der Waals surface area contributed by atoms with Gasteiger partial charge in [-0.1, -0.05) is 12.1 Å². The molecular weight excluding hydrogens is 330 g/mol. The van der Waals surface area contributed by atoms with Crippen molar-refractivity contribution < 1.29 is 14.3 Å². The SMILES string of the molecule is CCOc1ccccc1C(=O)NCCCC(=O)NC1CC2CCC(C1)N2. The summed E-state index contributed by atoms with van der Waals surface area (Å²) < 4.78 is 5.48. The van der Waals surface area contributed by atoms with Crippen LogP contribution in [0.25, 0.3) is 0 Å². The molecule has 26 heavy (non-hydrogen) atoms. The van der Waals surface area contributed by atoms with E-state index in [9.17, 15) is 9.59 Å². The number of rotatable bonds is 8. The first-order valence-corrected chi connectivity index (χ1v) is 9.71. The summed E-state index contributed by atoms with van der Waals surface area (Å²) in [5.74, 6) is 0.510. The molecule has 2 amide bonds. The summed E-state index contributed by atoms with van der Waals surface area (Å²) in [5.41, 5.74) is 0.531. The van der Waals surface area contributed by atoms with Gasteiger partial charge in [-0.25, -0.2) is 0 Å². The Hall–Kier alpha value is -2.08. The fraction of sp³-hybridized carbons (Fsp3) is 0.600. The third-order valence-corrected chi connectivity index (χ3v) is 5.14. The fourth-order valence-corrected chi connectivity index (χ4v) is 3.96. The molecule has 0 aliphatic carbocycles. The van der Waals surface area contributed by atoms with E-state index in [4.69, 9.17) is 4.74 Å². The number of piperidine rings is 1. The number of benzene rings is 1. The third kappa shape index (κ3) is 4.97. The largest absolute Gasteiger partial charge is 0.493 e. The van der Waals surface area contributed by atoms with Gasteiger partial charge in [-0.05, 0) is 51.2 Å². The lowest BCUT2D eigenvalue weighted by atomic mass is 9.99. The molecule has 2 bridgehead atoms.